The van der Waals surface area contributed by atoms with Crippen LogP contribution in [-0.4, -0.2) is 156 Å². The lowest BCUT2D eigenvalue weighted by molar-refractivity contribution is -0.133. The molecule has 3 fully saturated rings. The molecule has 9 aliphatic rings. The highest BCUT2D eigenvalue weighted by Gasteiger charge is 2.65. The molecule has 0 aromatic rings. The van der Waals surface area contributed by atoms with Crippen molar-refractivity contribution in [3.05, 3.63) is 69.9 Å². The average Bonchev–Trinajstić information content (AvgIpc) is 4.22. The normalized spacial score (nSPS) is 47.7. The number of hydrogen-bond donors (Lipinski definition) is 9. The summed E-state index contributed by atoms with van der Waals surface area (Å²) in [7, 11) is 4.64. The van der Waals surface area contributed by atoms with Gasteiger partial charge in [-0.2, -0.15) is 0 Å². The zero-order valence-electron chi connectivity index (χ0n) is 49.4. The molecule has 0 amide bonds. The summed E-state index contributed by atoms with van der Waals surface area (Å²) < 4.78 is 15.8. The first-order valence-electron chi connectivity index (χ1n) is 28.8. The molecule has 0 aromatic heterocycles. The molecule has 18 atom stereocenters. The van der Waals surface area contributed by atoms with Crippen LogP contribution in [0.15, 0.2) is 69.9 Å². The van der Waals surface area contributed by atoms with Crippen molar-refractivity contribution >= 4 is 17.3 Å². The van der Waals surface area contributed by atoms with Gasteiger partial charge in [0.15, 0.2) is 17.3 Å². The number of aliphatic hydroxyl groups is 9. The molecule has 0 aromatic carbocycles. The van der Waals surface area contributed by atoms with Gasteiger partial charge in [-0.1, -0.05) is 80.5 Å². The zero-order valence-corrected chi connectivity index (χ0v) is 49.4. The topological polar surface area (TPSA) is 261 Å². The van der Waals surface area contributed by atoms with Gasteiger partial charge in [0.2, 0.25) is 0 Å². The van der Waals surface area contributed by atoms with Crippen LogP contribution >= 0.6 is 0 Å². The molecule has 0 radical (unpaired) electrons. The minimum atomic E-state index is -1.44. The molecule has 0 aliphatic heterocycles. The quantitative estimate of drug-likeness (QED) is 0.120. The molecule has 15 heteroatoms. The predicted octanol–water partition coefficient (Wildman–Crippen LogP) is 6.01. The molecule has 78 heavy (non-hydrogen) atoms. The van der Waals surface area contributed by atoms with E-state index in [4.69, 9.17) is 14.2 Å². The van der Waals surface area contributed by atoms with Gasteiger partial charge in [-0.3, -0.25) is 14.4 Å². The fraction of sp³-hybridized carbons (Fsp3) is 0.762. The molecule has 0 bridgehead atoms. The highest BCUT2D eigenvalue weighted by molar-refractivity contribution is 6.03. The van der Waals surface area contributed by atoms with E-state index in [1.54, 1.807) is 78.6 Å². The summed E-state index contributed by atoms with van der Waals surface area (Å²) in [6, 6.07) is 0. The second-order valence-corrected chi connectivity index (χ2v) is 27.1. The first-order valence-corrected chi connectivity index (χ1v) is 28.8. The number of ether oxygens (including phenoxy) is 3. The van der Waals surface area contributed by atoms with E-state index in [9.17, 15) is 60.3 Å². The number of methoxy groups -OCH3 is 3. The lowest BCUT2D eigenvalue weighted by Gasteiger charge is -2.46. The Morgan fingerprint density at radius 3 is 0.859 bits per heavy atom. The van der Waals surface area contributed by atoms with Crippen molar-refractivity contribution in [2.75, 3.05) is 41.2 Å². The third kappa shape index (κ3) is 9.64. The van der Waals surface area contributed by atoms with Crippen molar-refractivity contribution in [3.63, 3.8) is 0 Å². The Labute approximate surface area is 463 Å². The first kappa shape index (κ1) is 62.6. The van der Waals surface area contributed by atoms with E-state index in [1.807, 2.05) is 62.3 Å². The molecule has 0 unspecified atom stereocenters. The van der Waals surface area contributed by atoms with Crippen LogP contribution in [0.1, 0.15) is 141 Å². The summed E-state index contributed by atoms with van der Waals surface area (Å²) in [5.41, 5.74) is -7.16. The van der Waals surface area contributed by atoms with Gasteiger partial charge in [-0.25, -0.2) is 0 Å². The molecular weight excluding hydrogens is 997 g/mol. The van der Waals surface area contributed by atoms with Crippen molar-refractivity contribution < 1.29 is 74.6 Å². The standard InChI is InChI=1S/3C21H32O5/c3*1-12(2)15-8-18(23)19(4)9-16-14(6-7-20(16,24)11-26-5)13(3)17(22)10-21(15,19)25/h3*8-9,12-14,17,22,24-25H,6-7,10-11H2,1-5H3/b3*16-9+/t3*13-,14+,17+,19+,20+,21+/m111/s1. The number of ketones is 3. The van der Waals surface area contributed by atoms with E-state index >= 15 is 0 Å². The second kappa shape index (κ2) is 21.6. The summed E-state index contributed by atoms with van der Waals surface area (Å²) in [6.45, 7) is 23.2. The number of fused-ring (bicyclic) bond motifs is 6. The van der Waals surface area contributed by atoms with Gasteiger partial charge in [-0.15, -0.1) is 0 Å². The maximum atomic E-state index is 13.0. The van der Waals surface area contributed by atoms with Crippen LogP contribution < -0.4 is 0 Å². The van der Waals surface area contributed by atoms with Crippen LogP contribution in [0.5, 0.6) is 0 Å². The Bertz CT molecular complexity index is 2270. The van der Waals surface area contributed by atoms with Crippen LogP contribution in [0.2, 0.25) is 0 Å². The van der Waals surface area contributed by atoms with Crippen molar-refractivity contribution in [3.8, 4) is 0 Å². The molecular formula is C63H96O15. The van der Waals surface area contributed by atoms with Crippen LogP contribution in [0.3, 0.4) is 0 Å². The van der Waals surface area contributed by atoms with E-state index < -0.39 is 68.2 Å². The molecule has 9 rings (SSSR count). The molecule has 9 N–H and O–H groups in total. The second-order valence-electron chi connectivity index (χ2n) is 27.1. The Morgan fingerprint density at radius 2 is 0.667 bits per heavy atom. The van der Waals surface area contributed by atoms with Crippen LogP contribution in [0.4, 0.5) is 0 Å². The first-order chi connectivity index (χ1) is 36.0. The van der Waals surface area contributed by atoms with Crippen LogP contribution in [0, 0.1) is 69.5 Å². The maximum absolute atomic E-state index is 13.0. The lowest BCUT2D eigenvalue weighted by Crippen LogP contribution is -2.53. The van der Waals surface area contributed by atoms with E-state index in [0.717, 1.165) is 36.0 Å². The van der Waals surface area contributed by atoms with Crippen molar-refractivity contribution in [2.45, 2.75) is 193 Å². The Kier molecular flexibility index (Phi) is 17.3. The Hall–Kier alpha value is -3.03. The maximum Gasteiger partial charge on any atom is 0.168 e. The Morgan fingerprint density at radius 1 is 0.449 bits per heavy atom. The largest absolute Gasteiger partial charge is 0.393 e. The minimum Gasteiger partial charge on any atom is -0.393 e. The third-order valence-corrected chi connectivity index (χ3v) is 21.4. The third-order valence-electron chi connectivity index (χ3n) is 21.4. The molecule has 0 heterocycles. The summed E-state index contributed by atoms with van der Waals surface area (Å²) in [5, 5.41) is 101. The zero-order chi connectivity index (χ0) is 58.5. The summed E-state index contributed by atoms with van der Waals surface area (Å²) in [5.74, 6) is -0.961. The van der Waals surface area contributed by atoms with Crippen LogP contribution in [-0.2, 0) is 28.6 Å². The number of carbonyl (C=O) groups excluding carboxylic acids is 3. The predicted molar refractivity (Wildman–Crippen MR) is 295 cm³/mol. The van der Waals surface area contributed by atoms with E-state index in [-0.39, 0.29) is 110 Å². The SMILES string of the molecule is COC[C@@]1(O)CC[C@@H]2/C1=C\[C@@]1(C)C(=O)C=C(C(C)C)[C@@]1(O)C[C@H](O)[C@@H]2C.COC[C@@]1(O)CC[C@@H]2/C1=C\[C@@]1(C)C(=O)C=C(C(C)C)[C@@]1(O)C[C@H](O)[C@@H]2C.COC[C@@]1(O)CC[C@@H]2/C1=C\[C@@]1(C)C(=O)C=C(C(C)C)[C@@]1(O)C[C@H](O)[C@@H]2C. The fourth-order valence-electron chi connectivity index (χ4n) is 16.1. The summed E-state index contributed by atoms with van der Waals surface area (Å²) in [6.07, 6.45) is 12.0. The number of hydrogen-bond acceptors (Lipinski definition) is 15. The van der Waals surface area contributed by atoms with Crippen LogP contribution in [0.25, 0.3) is 0 Å². The smallest absolute Gasteiger partial charge is 0.168 e. The molecule has 438 valence electrons. The lowest BCUT2D eigenvalue weighted by atomic mass is 9.62. The molecule has 0 spiro atoms. The number of rotatable bonds is 9. The van der Waals surface area contributed by atoms with Gasteiger partial charge >= 0.3 is 0 Å². The molecule has 15 nitrogen and oxygen atoms in total. The highest BCUT2D eigenvalue weighted by atomic mass is 16.5. The Balaban J connectivity index is 0.000000170. The van der Waals surface area contributed by atoms with Gasteiger partial charge in [0.1, 0.15) is 33.6 Å². The molecule has 9 aliphatic carbocycles. The summed E-state index contributed by atoms with van der Waals surface area (Å²) in [4.78, 5) is 39.0. The van der Waals surface area contributed by atoms with E-state index in [2.05, 4.69) is 0 Å². The molecule has 3 saturated carbocycles. The fourth-order valence-corrected chi connectivity index (χ4v) is 16.1. The van der Waals surface area contributed by atoms with E-state index in [0.29, 0.717) is 36.0 Å². The molecule has 0 saturated heterocycles. The average molecular weight is 1090 g/mol. The van der Waals surface area contributed by atoms with Crippen molar-refractivity contribution in [2.24, 2.45) is 69.5 Å². The van der Waals surface area contributed by atoms with Gasteiger partial charge < -0.3 is 60.2 Å². The highest BCUT2D eigenvalue weighted by Crippen LogP contribution is 2.60. The monoisotopic (exact) mass is 1090 g/mol. The van der Waals surface area contributed by atoms with Gasteiger partial charge in [-0.05, 0) is 164 Å². The minimum absolute atomic E-state index is 0.0108. The van der Waals surface area contributed by atoms with Crippen molar-refractivity contribution in [1.29, 1.82) is 0 Å². The number of aliphatic hydroxyl groups excluding tert-OH is 3. The van der Waals surface area contributed by atoms with Crippen molar-refractivity contribution in [1.82, 2.24) is 0 Å². The number of allylic oxidation sites excluding steroid dienone is 3. The van der Waals surface area contributed by atoms with Gasteiger partial charge in [0.25, 0.3) is 0 Å². The van der Waals surface area contributed by atoms with Gasteiger partial charge in [0, 0.05) is 40.6 Å². The van der Waals surface area contributed by atoms with Gasteiger partial charge in [0.05, 0.1) is 54.4 Å². The summed E-state index contributed by atoms with van der Waals surface area (Å²) >= 11 is 0. The van der Waals surface area contributed by atoms with E-state index in [1.165, 1.54) is 0 Å². The number of carbonyl (C=O) groups is 3.